The Morgan fingerprint density at radius 1 is 1.47 bits per heavy atom. The minimum absolute atomic E-state index is 0.0486. The van der Waals surface area contributed by atoms with Gasteiger partial charge < -0.3 is 10.1 Å². The zero-order valence-corrected chi connectivity index (χ0v) is 11.1. The summed E-state index contributed by atoms with van der Waals surface area (Å²) in [5.41, 5.74) is -0.565. The van der Waals surface area contributed by atoms with Crippen molar-refractivity contribution < 1.29 is 22.7 Å². The SMILES string of the molecule is CCOC(=O)C1CNCC12CCCC(C(F)(F)F)C2. The van der Waals surface area contributed by atoms with E-state index in [4.69, 9.17) is 4.74 Å². The van der Waals surface area contributed by atoms with Crippen molar-refractivity contribution in [1.82, 2.24) is 5.32 Å². The molecule has 1 aliphatic heterocycles. The molecule has 2 aliphatic rings. The predicted molar refractivity (Wildman–Crippen MR) is 63.4 cm³/mol. The third-order valence-corrected chi connectivity index (χ3v) is 4.48. The highest BCUT2D eigenvalue weighted by Crippen LogP contribution is 2.51. The van der Waals surface area contributed by atoms with Crippen molar-refractivity contribution in [2.75, 3.05) is 19.7 Å². The van der Waals surface area contributed by atoms with Gasteiger partial charge in [-0.1, -0.05) is 6.42 Å². The van der Waals surface area contributed by atoms with E-state index in [2.05, 4.69) is 5.32 Å². The number of carbonyl (C=O) groups excluding carboxylic acids is 1. The Morgan fingerprint density at radius 2 is 2.21 bits per heavy atom. The van der Waals surface area contributed by atoms with Crippen molar-refractivity contribution in [3.05, 3.63) is 0 Å². The normalized spacial score (nSPS) is 35.6. The molecule has 1 N–H and O–H groups in total. The van der Waals surface area contributed by atoms with Gasteiger partial charge in [-0.2, -0.15) is 13.2 Å². The van der Waals surface area contributed by atoms with Crippen LogP contribution < -0.4 is 5.32 Å². The van der Waals surface area contributed by atoms with Crippen LogP contribution in [0.1, 0.15) is 32.6 Å². The lowest BCUT2D eigenvalue weighted by molar-refractivity contribution is -0.195. The van der Waals surface area contributed by atoms with Crippen molar-refractivity contribution in [3.8, 4) is 0 Å². The molecule has 19 heavy (non-hydrogen) atoms. The fourth-order valence-corrected chi connectivity index (χ4v) is 3.53. The molecular formula is C13H20F3NO2. The molecule has 3 nitrogen and oxygen atoms in total. The molecule has 2 fully saturated rings. The van der Waals surface area contributed by atoms with Crippen molar-refractivity contribution in [1.29, 1.82) is 0 Å². The largest absolute Gasteiger partial charge is 0.466 e. The van der Waals surface area contributed by atoms with E-state index in [-0.39, 0.29) is 25.4 Å². The maximum Gasteiger partial charge on any atom is 0.391 e. The van der Waals surface area contributed by atoms with Gasteiger partial charge in [-0.05, 0) is 31.6 Å². The van der Waals surface area contributed by atoms with Crippen molar-refractivity contribution >= 4 is 5.97 Å². The van der Waals surface area contributed by atoms with Gasteiger partial charge >= 0.3 is 12.1 Å². The Hall–Kier alpha value is -0.780. The Labute approximate surface area is 110 Å². The lowest BCUT2D eigenvalue weighted by atomic mass is 9.64. The highest BCUT2D eigenvalue weighted by atomic mass is 19.4. The van der Waals surface area contributed by atoms with Gasteiger partial charge in [0, 0.05) is 13.1 Å². The summed E-state index contributed by atoms with van der Waals surface area (Å²) in [7, 11) is 0. The number of carbonyl (C=O) groups is 1. The van der Waals surface area contributed by atoms with E-state index in [0.29, 0.717) is 25.9 Å². The van der Waals surface area contributed by atoms with Crippen LogP contribution in [0.5, 0.6) is 0 Å². The van der Waals surface area contributed by atoms with Crippen LogP contribution in [0, 0.1) is 17.3 Å². The van der Waals surface area contributed by atoms with Crippen LogP contribution in [-0.4, -0.2) is 31.8 Å². The summed E-state index contributed by atoms with van der Waals surface area (Å²) in [5.74, 6) is -2.06. The molecule has 0 amide bonds. The van der Waals surface area contributed by atoms with Crippen LogP contribution in [0.25, 0.3) is 0 Å². The van der Waals surface area contributed by atoms with Crippen LogP contribution in [-0.2, 0) is 9.53 Å². The first-order valence-electron chi connectivity index (χ1n) is 6.83. The molecule has 2 rings (SSSR count). The van der Waals surface area contributed by atoms with Gasteiger partial charge in [0.15, 0.2) is 0 Å². The van der Waals surface area contributed by atoms with Crippen LogP contribution in [0.15, 0.2) is 0 Å². The highest BCUT2D eigenvalue weighted by molar-refractivity contribution is 5.74. The lowest BCUT2D eigenvalue weighted by Crippen LogP contribution is -2.43. The maximum absolute atomic E-state index is 12.9. The quantitative estimate of drug-likeness (QED) is 0.789. The minimum atomic E-state index is -4.16. The minimum Gasteiger partial charge on any atom is -0.466 e. The van der Waals surface area contributed by atoms with E-state index in [9.17, 15) is 18.0 Å². The number of alkyl halides is 3. The Morgan fingerprint density at radius 3 is 2.84 bits per heavy atom. The number of ether oxygens (including phenoxy) is 1. The Bertz CT molecular complexity index is 345. The summed E-state index contributed by atoms with van der Waals surface area (Å²) in [6, 6.07) is 0. The summed E-state index contributed by atoms with van der Waals surface area (Å²) in [4.78, 5) is 11.9. The molecule has 6 heteroatoms. The summed E-state index contributed by atoms with van der Waals surface area (Å²) >= 11 is 0. The number of rotatable bonds is 2. The molecule has 0 radical (unpaired) electrons. The van der Waals surface area contributed by atoms with E-state index in [1.165, 1.54) is 0 Å². The topological polar surface area (TPSA) is 38.3 Å². The monoisotopic (exact) mass is 279 g/mol. The van der Waals surface area contributed by atoms with Crippen molar-refractivity contribution in [3.63, 3.8) is 0 Å². The molecule has 0 aromatic carbocycles. The average Bonchev–Trinajstić information content (AvgIpc) is 2.72. The molecule has 1 saturated carbocycles. The zero-order chi connectivity index (χ0) is 14.1. The zero-order valence-electron chi connectivity index (χ0n) is 11.1. The maximum atomic E-state index is 12.9. The molecule has 0 bridgehead atoms. The molecule has 0 aromatic heterocycles. The number of nitrogens with one attached hydrogen (secondary N) is 1. The second-order valence-electron chi connectivity index (χ2n) is 5.63. The summed E-state index contributed by atoms with van der Waals surface area (Å²) in [6.07, 6.45) is -2.72. The van der Waals surface area contributed by atoms with Gasteiger partial charge in [-0.15, -0.1) is 0 Å². The van der Waals surface area contributed by atoms with Crippen molar-refractivity contribution in [2.24, 2.45) is 17.3 Å². The number of hydrogen-bond acceptors (Lipinski definition) is 3. The summed E-state index contributed by atoms with van der Waals surface area (Å²) < 4.78 is 43.8. The van der Waals surface area contributed by atoms with E-state index in [1.54, 1.807) is 6.92 Å². The van der Waals surface area contributed by atoms with E-state index >= 15 is 0 Å². The molecule has 1 spiro atoms. The van der Waals surface area contributed by atoms with Crippen LogP contribution in [0.2, 0.25) is 0 Å². The predicted octanol–water partition coefficient (Wildman–Crippen LogP) is 2.51. The van der Waals surface area contributed by atoms with E-state index < -0.39 is 23.4 Å². The summed E-state index contributed by atoms with van der Waals surface area (Å²) in [5, 5.41) is 3.08. The van der Waals surface area contributed by atoms with Gasteiger partial charge in [0.1, 0.15) is 0 Å². The first-order chi connectivity index (χ1) is 8.89. The average molecular weight is 279 g/mol. The van der Waals surface area contributed by atoms with Gasteiger partial charge in [0.05, 0.1) is 18.4 Å². The molecule has 1 saturated heterocycles. The first kappa shape index (κ1) is 14.6. The number of hydrogen-bond donors (Lipinski definition) is 1. The Balaban J connectivity index is 2.14. The first-order valence-corrected chi connectivity index (χ1v) is 6.83. The molecule has 1 aliphatic carbocycles. The van der Waals surface area contributed by atoms with E-state index in [1.807, 2.05) is 0 Å². The molecular weight excluding hydrogens is 259 g/mol. The van der Waals surface area contributed by atoms with Crippen molar-refractivity contribution in [2.45, 2.75) is 38.8 Å². The molecule has 110 valence electrons. The fraction of sp³-hybridized carbons (Fsp3) is 0.923. The molecule has 3 atom stereocenters. The third-order valence-electron chi connectivity index (χ3n) is 4.48. The molecule has 3 unspecified atom stereocenters. The molecule has 0 aromatic rings. The number of halogens is 3. The lowest BCUT2D eigenvalue weighted by Gasteiger charge is -2.41. The second kappa shape index (κ2) is 5.31. The third kappa shape index (κ3) is 2.88. The van der Waals surface area contributed by atoms with Crippen LogP contribution in [0.4, 0.5) is 13.2 Å². The van der Waals surface area contributed by atoms with Crippen LogP contribution >= 0.6 is 0 Å². The van der Waals surface area contributed by atoms with Gasteiger partial charge in [0.2, 0.25) is 0 Å². The van der Waals surface area contributed by atoms with Gasteiger partial charge in [0.25, 0.3) is 0 Å². The number of esters is 1. The van der Waals surface area contributed by atoms with E-state index in [0.717, 1.165) is 0 Å². The standard InChI is InChI=1S/C13H20F3NO2/c1-2-19-11(18)10-7-17-8-12(10)5-3-4-9(6-12)13(14,15)16/h9-10,17H,2-8H2,1H3. The smallest absolute Gasteiger partial charge is 0.391 e. The highest BCUT2D eigenvalue weighted by Gasteiger charge is 2.54. The fourth-order valence-electron chi connectivity index (χ4n) is 3.53. The summed E-state index contributed by atoms with van der Waals surface area (Å²) in [6.45, 7) is 2.91. The van der Waals surface area contributed by atoms with Gasteiger partial charge in [-0.3, -0.25) is 4.79 Å². The van der Waals surface area contributed by atoms with Crippen LogP contribution in [0.3, 0.4) is 0 Å². The second-order valence-corrected chi connectivity index (χ2v) is 5.63. The Kier molecular flexibility index (Phi) is 4.08. The molecule has 1 heterocycles. The van der Waals surface area contributed by atoms with Gasteiger partial charge in [-0.25, -0.2) is 0 Å².